The van der Waals surface area contributed by atoms with Crippen molar-refractivity contribution in [1.82, 2.24) is 4.57 Å². The normalized spacial score (nSPS) is 14.0. The molecule has 0 aromatic heterocycles. The van der Waals surface area contributed by atoms with Crippen LogP contribution < -0.4 is 30.0 Å². The minimum atomic E-state index is -1.26. The number of hydrogen-bond acceptors (Lipinski definition) is 1. The molecule has 1 fully saturated rings. The van der Waals surface area contributed by atoms with Gasteiger partial charge in [-0.05, 0) is 25.9 Å². The van der Waals surface area contributed by atoms with Crippen LogP contribution in [0.3, 0.4) is 0 Å². The van der Waals surface area contributed by atoms with Crippen LogP contribution in [0, 0.1) is 0 Å². The van der Waals surface area contributed by atoms with E-state index in [0.29, 0.717) is 0 Å². The summed E-state index contributed by atoms with van der Waals surface area (Å²) in [4.78, 5) is 0. The van der Waals surface area contributed by atoms with Gasteiger partial charge in [-0.15, -0.1) is 5.19 Å². The largest absolute Gasteiger partial charge is 4.00 e. The van der Waals surface area contributed by atoms with E-state index in [1.54, 1.807) is 5.19 Å². The molecular formula is C16H23Cl2NSiZr. The second kappa shape index (κ2) is 11.8. The number of halogens is 2. The fraction of sp³-hybridized carbons (Fsp3) is 0.375. The Morgan fingerprint density at radius 1 is 0.905 bits per heavy atom. The Hall–Kier alpha value is 0.340. The SMILES string of the molecule is C[Si](C)([c-]1cccc1)N1CCCC1.[Cl-].[Cl-].[Zr+4].c1cc[cH-]c1. The van der Waals surface area contributed by atoms with E-state index in [0.717, 1.165) is 0 Å². The van der Waals surface area contributed by atoms with Gasteiger partial charge in [-0.2, -0.15) is 30.3 Å². The standard InChI is InChI=1S/C11H18NSi.C5H5.2ClH.Zr/c1-13(2,11-7-3-4-8-11)12-9-5-6-10-12;1-2-4-5-3-1;;;/h3-4,7-8H,5-6,9-10H2,1-2H3;1-5H;2*1H;/q2*-1;;;+4/p-2. The molecule has 0 spiro atoms. The van der Waals surface area contributed by atoms with Crippen molar-refractivity contribution in [3.05, 3.63) is 54.6 Å². The maximum Gasteiger partial charge on any atom is 4.00 e. The molecule has 2 aromatic carbocycles. The predicted octanol–water partition coefficient (Wildman–Crippen LogP) is -2.68. The van der Waals surface area contributed by atoms with Gasteiger partial charge in [0.2, 0.25) is 0 Å². The fourth-order valence-electron chi connectivity index (χ4n) is 2.56. The maximum absolute atomic E-state index is 2.72. The van der Waals surface area contributed by atoms with Crippen molar-refractivity contribution >= 4 is 13.4 Å². The molecule has 3 rings (SSSR count). The van der Waals surface area contributed by atoms with E-state index in [4.69, 9.17) is 0 Å². The first kappa shape index (κ1) is 23.6. The van der Waals surface area contributed by atoms with Gasteiger partial charge in [0.25, 0.3) is 0 Å². The zero-order valence-electron chi connectivity index (χ0n) is 12.7. The summed E-state index contributed by atoms with van der Waals surface area (Å²) in [5, 5.41) is 1.59. The summed E-state index contributed by atoms with van der Waals surface area (Å²) < 4.78 is 2.72. The third-order valence-electron chi connectivity index (χ3n) is 3.82. The predicted molar refractivity (Wildman–Crippen MR) is 82.0 cm³/mol. The van der Waals surface area contributed by atoms with Crippen LogP contribution in [0.1, 0.15) is 12.8 Å². The first-order valence-corrected chi connectivity index (χ1v) is 9.80. The van der Waals surface area contributed by atoms with E-state index in [9.17, 15) is 0 Å². The van der Waals surface area contributed by atoms with Crippen molar-refractivity contribution in [2.45, 2.75) is 25.9 Å². The van der Waals surface area contributed by atoms with Gasteiger partial charge in [-0.3, -0.25) is 0 Å². The Labute approximate surface area is 161 Å². The minimum Gasteiger partial charge on any atom is -1.00 e. The van der Waals surface area contributed by atoms with Gasteiger partial charge >= 0.3 is 26.2 Å². The molecule has 1 aliphatic heterocycles. The summed E-state index contributed by atoms with van der Waals surface area (Å²) in [6, 6.07) is 18.9. The van der Waals surface area contributed by atoms with E-state index < -0.39 is 8.24 Å². The van der Waals surface area contributed by atoms with Gasteiger partial charge in [0.15, 0.2) is 0 Å². The van der Waals surface area contributed by atoms with E-state index in [1.807, 2.05) is 30.3 Å². The quantitative estimate of drug-likeness (QED) is 0.379. The summed E-state index contributed by atoms with van der Waals surface area (Å²) in [6.45, 7) is 7.58. The molecule has 114 valence electrons. The van der Waals surface area contributed by atoms with Crippen LogP contribution in [0.4, 0.5) is 0 Å². The van der Waals surface area contributed by atoms with Gasteiger partial charge < -0.3 is 29.4 Å². The Balaban J connectivity index is 0. The molecule has 1 nitrogen and oxygen atoms in total. The summed E-state index contributed by atoms with van der Waals surface area (Å²) in [5.74, 6) is 0. The van der Waals surface area contributed by atoms with Crippen molar-refractivity contribution < 1.29 is 51.0 Å². The van der Waals surface area contributed by atoms with E-state index in [2.05, 4.69) is 41.9 Å². The zero-order chi connectivity index (χ0) is 12.8. The molecule has 0 unspecified atom stereocenters. The van der Waals surface area contributed by atoms with Gasteiger partial charge in [0.05, 0.1) is 8.24 Å². The second-order valence-electron chi connectivity index (χ2n) is 5.39. The number of rotatable bonds is 2. The molecular weight excluding hydrogens is 396 g/mol. The fourth-order valence-corrected chi connectivity index (χ4v) is 5.37. The van der Waals surface area contributed by atoms with Crippen molar-refractivity contribution in [1.29, 1.82) is 0 Å². The molecule has 0 saturated carbocycles. The van der Waals surface area contributed by atoms with Gasteiger partial charge in [-0.1, -0.05) is 13.1 Å². The topological polar surface area (TPSA) is 3.24 Å². The Bertz CT molecular complexity index is 406. The van der Waals surface area contributed by atoms with Crippen LogP contribution in [0.5, 0.6) is 0 Å². The van der Waals surface area contributed by atoms with Crippen LogP contribution in [0.15, 0.2) is 54.6 Å². The van der Waals surface area contributed by atoms with E-state index in [1.165, 1.54) is 25.9 Å². The molecule has 0 amide bonds. The molecule has 0 radical (unpaired) electrons. The van der Waals surface area contributed by atoms with Crippen molar-refractivity contribution in [3.63, 3.8) is 0 Å². The van der Waals surface area contributed by atoms with Crippen LogP contribution in [-0.2, 0) is 26.2 Å². The average molecular weight is 420 g/mol. The molecule has 2 aromatic rings. The third kappa shape index (κ3) is 6.97. The number of hydrogen-bond donors (Lipinski definition) is 0. The molecule has 5 heteroatoms. The molecule has 0 aliphatic carbocycles. The molecule has 0 N–H and O–H groups in total. The monoisotopic (exact) mass is 417 g/mol. The zero-order valence-corrected chi connectivity index (χ0v) is 17.7. The Morgan fingerprint density at radius 3 is 1.76 bits per heavy atom. The van der Waals surface area contributed by atoms with Gasteiger partial charge in [0.1, 0.15) is 0 Å². The molecule has 1 saturated heterocycles. The van der Waals surface area contributed by atoms with E-state index in [-0.39, 0.29) is 51.0 Å². The average Bonchev–Trinajstić information content (AvgIpc) is 3.14. The first-order valence-electron chi connectivity index (χ1n) is 6.85. The van der Waals surface area contributed by atoms with Crippen LogP contribution in [0.2, 0.25) is 13.1 Å². The van der Waals surface area contributed by atoms with Gasteiger partial charge in [-0.25, -0.2) is 24.3 Å². The third-order valence-corrected chi connectivity index (χ3v) is 7.60. The molecule has 1 heterocycles. The minimum absolute atomic E-state index is 0. The van der Waals surface area contributed by atoms with Crippen molar-refractivity contribution in [2.75, 3.05) is 13.1 Å². The smallest absolute Gasteiger partial charge is 1.00 e. The first-order chi connectivity index (χ1) is 8.71. The molecule has 1 aliphatic rings. The van der Waals surface area contributed by atoms with Crippen LogP contribution >= 0.6 is 0 Å². The Kier molecular flexibility index (Phi) is 13.3. The molecule has 0 bridgehead atoms. The van der Waals surface area contributed by atoms with Gasteiger partial charge in [0, 0.05) is 0 Å². The molecule has 21 heavy (non-hydrogen) atoms. The summed E-state index contributed by atoms with van der Waals surface area (Å²) in [7, 11) is -1.26. The number of nitrogens with zero attached hydrogens (tertiary/aromatic N) is 1. The van der Waals surface area contributed by atoms with Crippen LogP contribution in [0.25, 0.3) is 0 Å². The van der Waals surface area contributed by atoms with Crippen LogP contribution in [-0.4, -0.2) is 25.9 Å². The molecule has 0 atom stereocenters. The second-order valence-corrected chi connectivity index (χ2v) is 9.72. The van der Waals surface area contributed by atoms with E-state index >= 15 is 0 Å². The summed E-state index contributed by atoms with van der Waals surface area (Å²) in [5.41, 5.74) is 0. The van der Waals surface area contributed by atoms with Crippen molar-refractivity contribution in [3.8, 4) is 0 Å². The van der Waals surface area contributed by atoms with Crippen molar-refractivity contribution in [2.24, 2.45) is 0 Å². The summed E-state index contributed by atoms with van der Waals surface area (Å²) in [6.07, 6.45) is 2.80. The summed E-state index contributed by atoms with van der Waals surface area (Å²) >= 11 is 0. The maximum atomic E-state index is 2.72. The Morgan fingerprint density at radius 2 is 1.38 bits per heavy atom.